The summed E-state index contributed by atoms with van der Waals surface area (Å²) in [6, 6.07) is 5.46. The molecule has 1 saturated carbocycles. The monoisotopic (exact) mass is 592 g/mol. The average Bonchev–Trinajstić information content (AvgIpc) is 3.70. The Morgan fingerprint density at radius 1 is 1.21 bits per heavy atom. The van der Waals surface area contributed by atoms with Crippen molar-refractivity contribution in [3.63, 3.8) is 0 Å². The highest BCUT2D eigenvalue weighted by atomic mass is 19.3. The predicted octanol–water partition coefficient (Wildman–Crippen LogP) is 3.27. The van der Waals surface area contributed by atoms with Crippen molar-refractivity contribution in [2.75, 3.05) is 36.4 Å². The molecule has 2 amide bonds. The molecule has 3 fully saturated rings. The van der Waals surface area contributed by atoms with Crippen LogP contribution in [0.1, 0.15) is 54.0 Å². The van der Waals surface area contributed by atoms with Crippen LogP contribution in [-0.4, -0.2) is 84.8 Å². The van der Waals surface area contributed by atoms with Crippen molar-refractivity contribution in [1.82, 2.24) is 29.6 Å². The van der Waals surface area contributed by atoms with Gasteiger partial charge in [0.05, 0.1) is 34.6 Å². The lowest BCUT2D eigenvalue weighted by Crippen LogP contribution is -2.70. The maximum Gasteiger partial charge on any atom is 0.266 e. The molecular formula is C29H30F2N8O4. The van der Waals surface area contributed by atoms with Crippen molar-refractivity contribution in [2.24, 2.45) is 5.41 Å². The van der Waals surface area contributed by atoms with Gasteiger partial charge in [0.2, 0.25) is 17.6 Å². The van der Waals surface area contributed by atoms with Gasteiger partial charge in [0.15, 0.2) is 0 Å². The lowest BCUT2D eigenvalue weighted by atomic mass is 9.55. The fourth-order valence-corrected chi connectivity index (χ4v) is 6.65. The van der Waals surface area contributed by atoms with E-state index in [2.05, 4.69) is 30.4 Å². The molecular weight excluding hydrogens is 562 g/mol. The van der Waals surface area contributed by atoms with Crippen molar-refractivity contribution in [2.45, 2.75) is 51.1 Å². The Morgan fingerprint density at radius 2 is 2.00 bits per heavy atom. The van der Waals surface area contributed by atoms with Crippen molar-refractivity contribution in [1.29, 1.82) is 0 Å². The number of hydrogen-bond donors (Lipinski definition) is 2. The third kappa shape index (κ3) is 4.69. The van der Waals surface area contributed by atoms with E-state index in [-0.39, 0.29) is 36.0 Å². The van der Waals surface area contributed by atoms with Crippen LogP contribution >= 0.6 is 0 Å². The Morgan fingerprint density at radius 3 is 2.72 bits per heavy atom. The molecule has 1 unspecified atom stereocenters. The maximum atomic E-state index is 13.4. The van der Waals surface area contributed by atoms with E-state index in [0.29, 0.717) is 65.9 Å². The van der Waals surface area contributed by atoms with Gasteiger partial charge in [0.1, 0.15) is 5.60 Å². The number of carbonyl (C=O) groups excluding carboxylic acids is 2. The topological polar surface area (TPSA) is 142 Å². The van der Waals surface area contributed by atoms with Gasteiger partial charge in [0.25, 0.3) is 12.3 Å². The molecule has 1 atom stereocenters. The number of rotatable bonds is 6. The van der Waals surface area contributed by atoms with E-state index in [1.165, 1.54) is 6.20 Å². The van der Waals surface area contributed by atoms with Crippen molar-refractivity contribution in [3.8, 4) is 11.4 Å². The minimum atomic E-state index is -2.74. The zero-order chi connectivity index (χ0) is 30.1. The molecule has 1 aliphatic carbocycles. The van der Waals surface area contributed by atoms with Crippen LogP contribution in [0.2, 0.25) is 0 Å². The van der Waals surface area contributed by atoms with Crippen LogP contribution < -0.4 is 10.2 Å². The van der Waals surface area contributed by atoms with Crippen LogP contribution in [0.25, 0.3) is 16.9 Å². The molecule has 1 spiro atoms. The number of amides is 2. The fourth-order valence-electron chi connectivity index (χ4n) is 6.65. The second kappa shape index (κ2) is 9.79. The van der Waals surface area contributed by atoms with Crippen molar-refractivity contribution < 1.29 is 28.0 Å². The lowest BCUT2D eigenvalue weighted by molar-refractivity contribution is -0.209. The Balaban J connectivity index is 1.06. The summed E-state index contributed by atoms with van der Waals surface area (Å²) in [6.45, 7) is 5.64. The number of pyridine rings is 2. The van der Waals surface area contributed by atoms with Gasteiger partial charge in [-0.25, -0.2) is 13.3 Å². The Kier molecular flexibility index (Phi) is 6.24. The average molecular weight is 593 g/mol. The summed E-state index contributed by atoms with van der Waals surface area (Å²) < 4.78 is 33.3. The molecule has 224 valence electrons. The van der Waals surface area contributed by atoms with Gasteiger partial charge in [-0.1, -0.05) is 5.16 Å². The Labute approximate surface area is 244 Å². The summed E-state index contributed by atoms with van der Waals surface area (Å²) in [5.41, 5.74) is 1.28. The second-order valence-corrected chi connectivity index (χ2v) is 12.1. The van der Waals surface area contributed by atoms with Crippen LogP contribution in [0.3, 0.4) is 0 Å². The predicted molar refractivity (Wildman–Crippen MR) is 150 cm³/mol. The zero-order valence-electron chi connectivity index (χ0n) is 23.6. The summed E-state index contributed by atoms with van der Waals surface area (Å²) in [7, 11) is 0. The molecule has 0 radical (unpaired) electrons. The van der Waals surface area contributed by atoms with Gasteiger partial charge >= 0.3 is 0 Å². The smallest absolute Gasteiger partial charge is 0.266 e. The van der Waals surface area contributed by atoms with Gasteiger partial charge < -0.3 is 24.7 Å². The number of aliphatic hydroxyl groups is 1. The third-order valence-electron chi connectivity index (χ3n) is 8.95. The van der Waals surface area contributed by atoms with Gasteiger partial charge in [-0.2, -0.15) is 10.1 Å². The van der Waals surface area contributed by atoms with Crippen LogP contribution in [0, 0.1) is 12.3 Å². The molecule has 43 heavy (non-hydrogen) atoms. The van der Waals surface area contributed by atoms with E-state index in [1.807, 2.05) is 12.1 Å². The molecule has 4 aromatic rings. The summed E-state index contributed by atoms with van der Waals surface area (Å²) in [5, 5.41) is 21.3. The Bertz CT molecular complexity index is 1740. The van der Waals surface area contributed by atoms with E-state index in [1.54, 1.807) is 41.7 Å². The summed E-state index contributed by atoms with van der Waals surface area (Å²) in [5.74, 6) is 0.410. The number of alkyl halides is 2. The molecule has 14 heteroatoms. The van der Waals surface area contributed by atoms with Crippen LogP contribution in [0.5, 0.6) is 0 Å². The molecule has 6 heterocycles. The lowest BCUT2D eigenvalue weighted by Gasteiger charge is -2.62. The van der Waals surface area contributed by atoms with Crippen molar-refractivity contribution >= 4 is 28.7 Å². The van der Waals surface area contributed by atoms with E-state index in [9.17, 15) is 23.5 Å². The number of hydrogen-bond acceptors (Lipinski definition) is 9. The SMILES string of the molecule is CC(=O)N1CCC(c2nc(-c3cnc(C)c(NC(=O)c4cnn5ccc(N6CC7(C6)CC(O)(C(F)F)C7)cc45)c3)no2)C1. The first-order valence-corrected chi connectivity index (χ1v) is 14.1. The van der Waals surface area contributed by atoms with Gasteiger partial charge in [-0.05, 0) is 44.4 Å². The minimum Gasteiger partial charge on any atom is -0.384 e. The molecule has 7 rings (SSSR count). The molecule has 4 aromatic heterocycles. The maximum absolute atomic E-state index is 13.4. The number of aromatic nitrogens is 5. The number of aryl methyl sites for hydroxylation is 1. The normalized spacial score (nSPS) is 20.5. The molecule has 2 N–H and O–H groups in total. The quantitative estimate of drug-likeness (QED) is 0.345. The molecule has 2 aliphatic heterocycles. The number of nitrogens with one attached hydrogen (secondary N) is 1. The molecule has 3 aliphatic rings. The third-order valence-corrected chi connectivity index (χ3v) is 8.95. The van der Waals surface area contributed by atoms with Gasteiger partial charge in [-0.3, -0.25) is 14.6 Å². The number of likely N-dealkylation sites (tertiary alicyclic amines) is 1. The molecule has 12 nitrogen and oxygen atoms in total. The summed E-state index contributed by atoms with van der Waals surface area (Å²) >= 11 is 0. The highest BCUT2D eigenvalue weighted by Crippen LogP contribution is 2.56. The van der Waals surface area contributed by atoms with Crippen molar-refractivity contribution in [3.05, 3.63) is 53.9 Å². The number of anilines is 2. The fraction of sp³-hybridized carbons (Fsp3) is 0.448. The number of nitrogens with zero attached hydrogens (tertiary/aromatic N) is 7. The Hall–Kier alpha value is -4.46. The highest BCUT2D eigenvalue weighted by molar-refractivity contribution is 6.09. The standard InChI is InChI=1S/C29H30F2N8O4/c1-16-22(7-19(9-32-16)24-35-26(43-36-24)18-3-5-37(11-18)17(2)40)34-25(41)21-10-33-39-6-4-20(8-23(21)39)38-14-28(15-38)12-29(42,13-28)27(30)31/h4,6-10,18,27,42H,3,5,11-15H2,1-2H3,(H,34,41). The van der Waals surface area contributed by atoms with E-state index in [4.69, 9.17) is 4.52 Å². The second-order valence-electron chi connectivity index (χ2n) is 12.1. The van der Waals surface area contributed by atoms with Crippen LogP contribution in [0.4, 0.5) is 20.2 Å². The first kappa shape index (κ1) is 27.4. The van der Waals surface area contributed by atoms with E-state index >= 15 is 0 Å². The molecule has 0 aromatic carbocycles. The largest absolute Gasteiger partial charge is 0.384 e. The first-order chi connectivity index (χ1) is 20.5. The van der Waals surface area contributed by atoms with Crippen LogP contribution in [-0.2, 0) is 4.79 Å². The number of carbonyl (C=O) groups is 2. The van der Waals surface area contributed by atoms with E-state index in [0.717, 1.165) is 12.1 Å². The minimum absolute atomic E-state index is 0.0150. The number of halogens is 2. The molecule has 2 saturated heterocycles. The number of fused-ring (bicyclic) bond motifs is 1. The first-order valence-electron chi connectivity index (χ1n) is 14.1. The summed E-state index contributed by atoms with van der Waals surface area (Å²) in [4.78, 5) is 37.9. The van der Waals surface area contributed by atoms with Gasteiger partial charge in [-0.15, -0.1) is 0 Å². The van der Waals surface area contributed by atoms with Crippen LogP contribution in [0.15, 0.2) is 41.3 Å². The van der Waals surface area contributed by atoms with E-state index < -0.39 is 12.0 Å². The highest BCUT2D eigenvalue weighted by Gasteiger charge is 2.63. The zero-order valence-corrected chi connectivity index (χ0v) is 23.6. The summed E-state index contributed by atoms with van der Waals surface area (Å²) in [6.07, 6.45) is 3.05. The van der Waals surface area contributed by atoms with Gasteiger partial charge in [0, 0.05) is 62.2 Å². The molecule has 0 bridgehead atoms.